The Hall–Kier alpha value is 0.670. The molecule has 0 spiro atoms. The maximum Gasteiger partial charge on any atom is 0.0224 e. The minimum Gasteiger partial charge on any atom is -0.269 e. The Labute approximate surface area is 73.5 Å². The van der Waals surface area contributed by atoms with Gasteiger partial charge in [-0.25, -0.2) is 0 Å². The van der Waals surface area contributed by atoms with Gasteiger partial charge in [0.1, 0.15) is 0 Å². The largest absolute Gasteiger partial charge is 0.269 e. The molecule has 0 aliphatic carbocycles. The monoisotopic (exact) mass is 121 g/mol. The molecule has 2 heteroatoms. The first kappa shape index (κ1) is 7.67. The molecule has 0 fully saturated rings. The maximum atomic E-state index is 3.87. The van der Waals surface area contributed by atoms with Gasteiger partial charge in [-0.3, -0.25) is 4.99 Å². The Morgan fingerprint density at radius 1 is 1.29 bits per heavy atom. The van der Waals surface area contributed by atoms with Crippen molar-refractivity contribution in [1.29, 1.82) is 0 Å². The minimum absolute atomic E-state index is 0. The molecule has 0 N–H and O–H groups in total. The van der Waals surface area contributed by atoms with Crippen LogP contribution in [-0.4, -0.2) is 6.21 Å². The zero-order valence-corrected chi connectivity index (χ0v) is 4.65. The Balaban J connectivity index is 0.000000360. The number of allylic oxidation sites excluding steroid dienone is 1. The third-order valence-electron chi connectivity index (χ3n) is 0.759. The van der Waals surface area contributed by atoms with Gasteiger partial charge in [0, 0.05) is 50.2 Å². The van der Waals surface area contributed by atoms with E-state index in [1.54, 1.807) is 0 Å². The molecule has 1 rings (SSSR count). The van der Waals surface area contributed by atoms with Crippen molar-refractivity contribution in [2.24, 2.45) is 4.99 Å². The van der Waals surface area contributed by atoms with Crippen LogP contribution >= 0.6 is 0 Å². The van der Waals surface area contributed by atoms with Crippen molar-refractivity contribution < 1.29 is 37.7 Å². The van der Waals surface area contributed by atoms with Crippen LogP contribution < -0.4 is 0 Å². The molecule has 0 unspecified atom stereocenters. The molecule has 0 aromatic carbocycles. The zero-order valence-electron chi connectivity index (χ0n) is 3.95. The number of hydrogen-bond donors (Lipinski definition) is 0. The summed E-state index contributed by atoms with van der Waals surface area (Å²) >= 11 is 0. The average Bonchev–Trinajstić information content (AvgIpc) is 1.72. The quantitative estimate of drug-likeness (QED) is 0.459. The summed E-state index contributed by atoms with van der Waals surface area (Å²) in [4.78, 5) is 3.87. The first-order valence-corrected chi connectivity index (χ1v) is 2.17. The summed E-state index contributed by atoms with van der Waals surface area (Å²) in [7, 11) is 0. The summed E-state index contributed by atoms with van der Waals surface area (Å²) in [6, 6.07) is 0. The van der Waals surface area contributed by atoms with Crippen LogP contribution in [0.3, 0.4) is 0 Å². The van der Waals surface area contributed by atoms with Gasteiger partial charge in [-0.15, -0.1) is 0 Å². The van der Waals surface area contributed by atoms with E-state index in [0.29, 0.717) is 0 Å². The summed E-state index contributed by atoms with van der Waals surface area (Å²) in [5.74, 6) is 0. The standard InChI is InChI=1S/C5H7N.Ar/c1-2-4-6-5-3-1;/h2,4-5H,1,3H2;. The zero-order chi connectivity index (χ0) is 4.24. The number of hydrogen-bond acceptors (Lipinski definition) is 1. The van der Waals surface area contributed by atoms with E-state index in [1.165, 1.54) is 6.42 Å². The fraction of sp³-hybridized carbons (Fsp3) is 0.400. The van der Waals surface area contributed by atoms with Crippen molar-refractivity contribution in [1.82, 2.24) is 0 Å². The van der Waals surface area contributed by atoms with Crippen LogP contribution in [0.4, 0.5) is 0 Å². The van der Waals surface area contributed by atoms with Crippen LogP contribution in [0.5, 0.6) is 0 Å². The van der Waals surface area contributed by atoms with Gasteiger partial charge in [0.2, 0.25) is 0 Å². The molecule has 0 aromatic heterocycles. The van der Waals surface area contributed by atoms with E-state index in [1.807, 2.05) is 12.4 Å². The van der Waals surface area contributed by atoms with Gasteiger partial charge >= 0.3 is 0 Å². The SMILES string of the molecule is C1=CN=CCC1.[Ar]. The molecule has 0 aromatic rings. The van der Waals surface area contributed by atoms with E-state index in [9.17, 15) is 0 Å². The Kier molecular flexibility index (Phi) is 5.28. The van der Waals surface area contributed by atoms with Crippen LogP contribution in [0.25, 0.3) is 0 Å². The smallest absolute Gasteiger partial charge is 0.0224 e. The predicted octanol–water partition coefficient (Wildman–Crippen LogP) is 1.36. The average molecular weight is 121 g/mol. The van der Waals surface area contributed by atoms with Crippen LogP contribution in [0, 0.1) is 37.7 Å². The van der Waals surface area contributed by atoms with Gasteiger partial charge in [-0.05, 0) is 12.8 Å². The second kappa shape index (κ2) is 4.82. The molecule has 1 nitrogen and oxygen atoms in total. The summed E-state index contributed by atoms with van der Waals surface area (Å²) in [6.45, 7) is 0. The molecule has 0 saturated carbocycles. The fourth-order valence-corrected chi connectivity index (χ4v) is 0.442. The van der Waals surface area contributed by atoms with Crippen LogP contribution in [0.1, 0.15) is 12.8 Å². The molecule has 0 bridgehead atoms. The van der Waals surface area contributed by atoms with Crippen molar-refractivity contribution in [2.75, 3.05) is 0 Å². The van der Waals surface area contributed by atoms with Gasteiger partial charge in [0.15, 0.2) is 0 Å². The van der Waals surface area contributed by atoms with Crippen molar-refractivity contribution in [3.63, 3.8) is 0 Å². The number of rotatable bonds is 0. The van der Waals surface area contributed by atoms with Gasteiger partial charge in [-0.1, -0.05) is 6.08 Å². The van der Waals surface area contributed by atoms with E-state index >= 15 is 0 Å². The van der Waals surface area contributed by atoms with Crippen LogP contribution in [0.2, 0.25) is 0 Å². The topological polar surface area (TPSA) is 12.4 Å². The number of aliphatic imine (C=N–C) groups is 1. The van der Waals surface area contributed by atoms with E-state index in [0.717, 1.165) is 6.42 Å². The Bertz CT molecular complexity index is 74.1. The van der Waals surface area contributed by atoms with Gasteiger partial charge in [0.25, 0.3) is 0 Å². The predicted molar refractivity (Wildman–Crippen MR) is 26.9 cm³/mol. The second-order valence-corrected chi connectivity index (χ2v) is 1.29. The molecular weight excluding hydrogens is 114 g/mol. The van der Waals surface area contributed by atoms with Gasteiger partial charge < -0.3 is 0 Å². The molecule has 0 atom stereocenters. The molecule has 0 radical (unpaired) electrons. The van der Waals surface area contributed by atoms with Crippen molar-refractivity contribution in [3.05, 3.63) is 12.3 Å². The Morgan fingerprint density at radius 3 is 2.29 bits per heavy atom. The first-order chi connectivity index (χ1) is 3.00. The first-order valence-electron chi connectivity index (χ1n) is 2.17. The molecular formula is C5H7ArN. The molecule has 7 heavy (non-hydrogen) atoms. The van der Waals surface area contributed by atoms with Crippen molar-refractivity contribution in [2.45, 2.75) is 12.8 Å². The van der Waals surface area contributed by atoms with E-state index in [2.05, 4.69) is 11.1 Å². The second-order valence-electron chi connectivity index (χ2n) is 1.29. The van der Waals surface area contributed by atoms with E-state index in [4.69, 9.17) is 0 Å². The molecule has 1 aliphatic rings. The summed E-state index contributed by atoms with van der Waals surface area (Å²) in [6.07, 6.45) is 8.13. The molecule has 1 aliphatic heterocycles. The van der Waals surface area contributed by atoms with Crippen LogP contribution in [0.15, 0.2) is 17.3 Å². The van der Waals surface area contributed by atoms with Crippen molar-refractivity contribution >= 4 is 6.21 Å². The maximum absolute atomic E-state index is 3.87. The molecule has 1 heterocycles. The number of nitrogens with zero attached hydrogens (tertiary/aromatic N) is 1. The molecule has 40 valence electrons. The van der Waals surface area contributed by atoms with Crippen LogP contribution in [-0.2, 0) is 0 Å². The van der Waals surface area contributed by atoms with E-state index in [-0.39, 0.29) is 37.7 Å². The minimum atomic E-state index is 0. The van der Waals surface area contributed by atoms with Gasteiger partial charge in [-0.2, -0.15) is 0 Å². The van der Waals surface area contributed by atoms with Crippen molar-refractivity contribution in [3.8, 4) is 0 Å². The third-order valence-corrected chi connectivity index (χ3v) is 0.759. The Morgan fingerprint density at radius 2 is 2.14 bits per heavy atom. The van der Waals surface area contributed by atoms with E-state index < -0.39 is 0 Å². The molecule has 0 saturated heterocycles. The fourth-order valence-electron chi connectivity index (χ4n) is 0.442. The third kappa shape index (κ3) is 3.27. The molecule has 0 amide bonds. The normalized spacial score (nSPS) is 16.0. The summed E-state index contributed by atoms with van der Waals surface area (Å²) < 4.78 is 0. The summed E-state index contributed by atoms with van der Waals surface area (Å²) in [5, 5.41) is 0. The van der Waals surface area contributed by atoms with Gasteiger partial charge in [0.05, 0.1) is 0 Å². The summed E-state index contributed by atoms with van der Waals surface area (Å²) in [5.41, 5.74) is 0.